The second-order valence-electron chi connectivity index (χ2n) is 24.8. The molecule has 0 saturated carbocycles. The van der Waals surface area contributed by atoms with Gasteiger partial charge in [-0.2, -0.15) is 0 Å². The fraction of sp³-hybridized carbons (Fsp3) is 0.831. The number of esters is 3. The molecule has 0 N–H and O–H groups in total. The van der Waals surface area contributed by atoms with Crippen molar-refractivity contribution in [3.8, 4) is 0 Å². The van der Waals surface area contributed by atoms with Crippen molar-refractivity contribution in [1.29, 1.82) is 0 Å². The van der Waals surface area contributed by atoms with E-state index in [4.69, 9.17) is 14.2 Å². The van der Waals surface area contributed by atoms with E-state index in [0.717, 1.165) is 96.3 Å². The Bertz CT molecular complexity index is 1470. The van der Waals surface area contributed by atoms with Crippen LogP contribution in [0, 0.1) is 0 Å². The minimum absolute atomic E-state index is 0.0827. The van der Waals surface area contributed by atoms with Gasteiger partial charge in [0.2, 0.25) is 0 Å². The molecule has 0 heterocycles. The molecule has 0 aromatic carbocycles. The first kappa shape index (κ1) is 80.1. The molecule has 6 heteroatoms. The van der Waals surface area contributed by atoms with Gasteiger partial charge >= 0.3 is 17.9 Å². The van der Waals surface area contributed by atoms with Crippen molar-refractivity contribution in [3.05, 3.63) is 60.8 Å². The lowest BCUT2D eigenvalue weighted by molar-refractivity contribution is -0.167. The summed E-state index contributed by atoms with van der Waals surface area (Å²) in [5.41, 5.74) is 0. The third-order valence-electron chi connectivity index (χ3n) is 16.5. The third kappa shape index (κ3) is 69.8. The average molecular weight is 1160 g/mol. The predicted molar refractivity (Wildman–Crippen MR) is 362 cm³/mol. The quantitative estimate of drug-likeness (QED) is 0.0261. The number of carbonyl (C=O) groups is 3. The van der Waals surface area contributed by atoms with E-state index in [0.29, 0.717) is 19.3 Å². The van der Waals surface area contributed by atoms with Crippen LogP contribution in [0.4, 0.5) is 0 Å². The van der Waals surface area contributed by atoms with Crippen LogP contribution in [-0.2, 0) is 28.6 Å². The van der Waals surface area contributed by atoms with E-state index in [1.807, 2.05) is 0 Å². The number of hydrogen-bond donors (Lipinski definition) is 0. The van der Waals surface area contributed by atoms with Crippen molar-refractivity contribution in [2.24, 2.45) is 0 Å². The molecule has 83 heavy (non-hydrogen) atoms. The first-order valence-electron chi connectivity index (χ1n) is 36.8. The van der Waals surface area contributed by atoms with Gasteiger partial charge in [0.15, 0.2) is 6.10 Å². The van der Waals surface area contributed by atoms with Gasteiger partial charge in [0.25, 0.3) is 0 Å². The molecule has 0 amide bonds. The number of rotatable bonds is 68. The van der Waals surface area contributed by atoms with Crippen molar-refractivity contribution in [3.63, 3.8) is 0 Å². The van der Waals surface area contributed by atoms with Crippen LogP contribution in [0.5, 0.6) is 0 Å². The van der Waals surface area contributed by atoms with Crippen molar-refractivity contribution >= 4 is 17.9 Å². The van der Waals surface area contributed by atoms with Gasteiger partial charge in [-0.3, -0.25) is 14.4 Å². The Labute approximate surface area is 517 Å². The van der Waals surface area contributed by atoms with Crippen molar-refractivity contribution in [1.82, 2.24) is 0 Å². The lowest BCUT2D eigenvalue weighted by atomic mass is 10.0. The maximum Gasteiger partial charge on any atom is 0.306 e. The lowest BCUT2D eigenvalue weighted by Gasteiger charge is -2.18. The summed E-state index contributed by atoms with van der Waals surface area (Å²) in [6.07, 6.45) is 92.7. The molecule has 0 aliphatic rings. The van der Waals surface area contributed by atoms with E-state index in [-0.39, 0.29) is 31.1 Å². The molecule has 0 aromatic heterocycles. The summed E-state index contributed by atoms with van der Waals surface area (Å²) in [7, 11) is 0. The second kappa shape index (κ2) is 71.6. The Morgan fingerprint density at radius 3 is 0.735 bits per heavy atom. The van der Waals surface area contributed by atoms with Crippen LogP contribution < -0.4 is 0 Å². The number of allylic oxidation sites excluding steroid dienone is 10. The zero-order valence-electron chi connectivity index (χ0n) is 55.7. The average Bonchev–Trinajstić information content (AvgIpc) is 3.50. The highest BCUT2D eigenvalue weighted by Crippen LogP contribution is 2.19. The topological polar surface area (TPSA) is 78.9 Å². The molecule has 0 radical (unpaired) electrons. The van der Waals surface area contributed by atoms with Crippen LogP contribution in [-0.4, -0.2) is 37.2 Å². The van der Waals surface area contributed by atoms with Crippen molar-refractivity contribution in [2.45, 2.75) is 399 Å². The van der Waals surface area contributed by atoms with Crippen LogP contribution in [0.15, 0.2) is 60.8 Å². The molecule has 0 aromatic rings. The molecule has 0 aliphatic carbocycles. The van der Waals surface area contributed by atoms with Gasteiger partial charge in [0.05, 0.1) is 0 Å². The maximum absolute atomic E-state index is 13.0. The molecule has 0 rings (SSSR count). The summed E-state index contributed by atoms with van der Waals surface area (Å²) >= 11 is 0. The van der Waals surface area contributed by atoms with E-state index in [2.05, 4.69) is 81.5 Å². The Morgan fingerprint density at radius 1 is 0.253 bits per heavy atom. The van der Waals surface area contributed by atoms with Crippen LogP contribution in [0.2, 0.25) is 0 Å². The van der Waals surface area contributed by atoms with Crippen molar-refractivity contribution in [2.75, 3.05) is 13.2 Å². The standard InChI is InChI=1S/C77H140O6/c1-4-7-10-13-16-19-22-25-28-31-34-35-36-37-38-39-40-41-42-44-46-49-52-55-58-61-64-67-70-76(79)82-73-74(72-81-75(78)69-66-63-60-57-54-51-48-45-33-30-27-24-21-18-15-12-9-6-3)83-77(80)71-68-65-62-59-56-53-50-47-43-32-29-26-23-20-17-14-11-8-5-2/h8,11,17,20,26,29,43,47,53,56,74H,4-7,9-10,12-16,18-19,21-25,27-28,30-42,44-46,48-52,54-55,57-73H2,1-3H3/b11-8-,20-17-,29-26-,47-43-,56-53-. The van der Waals surface area contributed by atoms with Crippen LogP contribution in [0.1, 0.15) is 393 Å². The number of ether oxygens (including phenoxy) is 3. The molecule has 1 unspecified atom stereocenters. The van der Waals surface area contributed by atoms with E-state index in [1.165, 1.54) is 257 Å². The van der Waals surface area contributed by atoms with Gasteiger partial charge in [-0.05, 0) is 64.2 Å². The number of unbranched alkanes of at least 4 members (excludes halogenated alkanes) is 47. The van der Waals surface area contributed by atoms with E-state index in [9.17, 15) is 14.4 Å². The highest BCUT2D eigenvalue weighted by atomic mass is 16.6. The zero-order chi connectivity index (χ0) is 59.9. The molecular formula is C77H140O6. The fourth-order valence-electron chi connectivity index (χ4n) is 11.1. The molecule has 1 atom stereocenters. The van der Waals surface area contributed by atoms with E-state index < -0.39 is 6.10 Å². The van der Waals surface area contributed by atoms with Crippen molar-refractivity contribution < 1.29 is 28.6 Å². The van der Waals surface area contributed by atoms with E-state index >= 15 is 0 Å². The zero-order valence-corrected chi connectivity index (χ0v) is 55.7. The van der Waals surface area contributed by atoms with Gasteiger partial charge in [-0.25, -0.2) is 0 Å². The normalized spacial score (nSPS) is 12.4. The number of hydrogen-bond acceptors (Lipinski definition) is 6. The Balaban J connectivity index is 4.29. The molecule has 0 spiro atoms. The van der Waals surface area contributed by atoms with Crippen LogP contribution in [0.25, 0.3) is 0 Å². The Hall–Kier alpha value is -2.89. The molecule has 0 bridgehead atoms. The molecule has 0 aliphatic heterocycles. The minimum Gasteiger partial charge on any atom is -0.462 e. The summed E-state index contributed by atoms with van der Waals surface area (Å²) in [5, 5.41) is 0. The number of carbonyl (C=O) groups excluding carboxylic acids is 3. The van der Waals surface area contributed by atoms with Crippen LogP contribution >= 0.6 is 0 Å². The summed E-state index contributed by atoms with van der Waals surface area (Å²) in [4.78, 5) is 38.5. The summed E-state index contributed by atoms with van der Waals surface area (Å²) in [6, 6.07) is 0. The Morgan fingerprint density at radius 2 is 0.470 bits per heavy atom. The van der Waals surface area contributed by atoms with Gasteiger partial charge in [0, 0.05) is 19.3 Å². The SMILES string of the molecule is CC/C=C\C/C=C\C/C=C\C/C=C\C/C=C\CCCCCC(=O)OC(COC(=O)CCCCCCCCCCCCCCCCCCCC)COC(=O)CCCCCCCCCCCCCCCCCCCCCCCCCCCCCC. The first-order valence-corrected chi connectivity index (χ1v) is 36.8. The first-order chi connectivity index (χ1) is 41.0. The lowest BCUT2D eigenvalue weighted by Crippen LogP contribution is -2.30. The van der Waals surface area contributed by atoms with E-state index in [1.54, 1.807) is 0 Å². The second-order valence-corrected chi connectivity index (χ2v) is 24.8. The molecule has 0 fully saturated rings. The third-order valence-corrected chi connectivity index (χ3v) is 16.5. The van der Waals surface area contributed by atoms with Gasteiger partial charge < -0.3 is 14.2 Å². The highest BCUT2D eigenvalue weighted by Gasteiger charge is 2.19. The minimum atomic E-state index is -0.791. The molecule has 484 valence electrons. The summed E-state index contributed by atoms with van der Waals surface area (Å²) in [5.74, 6) is -0.887. The maximum atomic E-state index is 13.0. The highest BCUT2D eigenvalue weighted by molar-refractivity contribution is 5.71. The largest absolute Gasteiger partial charge is 0.462 e. The van der Waals surface area contributed by atoms with Gasteiger partial charge in [0.1, 0.15) is 13.2 Å². The molecular weight excluding hydrogens is 1020 g/mol. The summed E-state index contributed by atoms with van der Waals surface area (Å²) in [6.45, 7) is 6.58. The predicted octanol–water partition coefficient (Wildman–Crippen LogP) is 25.5. The smallest absolute Gasteiger partial charge is 0.306 e. The summed E-state index contributed by atoms with van der Waals surface area (Å²) < 4.78 is 17.0. The van der Waals surface area contributed by atoms with Gasteiger partial charge in [-0.1, -0.05) is 370 Å². The fourth-order valence-corrected chi connectivity index (χ4v) is 11.1. The molecule has 6 nitrogen and oxygen atoms in total. The van der Waals surface area contributed by atoms with Crippen LogP contribution in [0.3, 0.4) is 0 Å². The van der Waals surface area contributed by atoms with Gasteiger partial charge in [-0.15, -0.1) is 0 Å². The monoisotopic (exact) mass is 1160 g/mol. The molecule has 0 saturated heterocycles. The Kier molecular flexibility index (Phi) is 69.1.